The highest BCUT2D eigenvalue weighted by molar-refractivity contribution is 7.99. The number of rotatable bonds is 5. The van der Waals surface area contributed by atoms with Gasteiger partial charge in [-0.05, 0) is 30.3 Å². The number of esters is 1. The second-order valence-electron chi connectivity index (χ2n) is 6.75. The molecule has 4 rings (SSSR count). The van der Waals surface area contributed by atoms with Crippen LogP contribution in [0.1, 0.15) is 5.56 Å². The monoisotopic (exact) mass is 434 g/mol. The van der Waals surface area contributed by atoms with E-state index in [1.165, 1.54) is 31.0 Å². The van der Waals surface area contributed by atoms with Crippen molar-refractivity contribution in [1.29, 1.82) is 0 Å². The van der Waals surface area contributed by atoms with Gasteiger partial charge < -0.3 is 9.30 Å². The summed E-state index contributed by atoms with van der Waals surface area (Å²) in [5.41, 5.74) is 1.84. The van der Waals surface area contributed by atoms with Crippen molar-refractivity contribution in [2.45, 2.75) is 28.9 Å². The van der Waals surface area contributed by atoms with Gasteiger partial charge in [-0.3, -0.25) is 4.79 Å². The summed E-state index contributed by atoms with van der Waals surface area (Å²) in [5, 5.41) is 1.91. The molecule has 152 valence electrons. The summed E-state index contributed by atoms with van der Waals surface area (Å²) < 4.78 is 48.0. The quantitative estimate of drug-likeness (QED) is 0.625. The number of sulfonamides is 1. The van der Waals surface area contributed by atoms with Gasteiger partial charge in [-0.2, -0.15) is 0 Å². The van der Waals surface area contributed by atoms with E-state index in [1.54, 1.807) is 0 Å². The first-order chi connectivity index (χ1) is 13.9. The number of nitrogens with one attached hydrogen (secondary N) is 1. The van der Waals surface area contributed by atoms with Crippen molar-refractivity contribution in [3.63, 3.8) is 0 Å². The minimum atomic E-state index is -3.77. The summed E-state index contributed by atoms with van der Waals surface area (Å²) in [6, 6.07) is 12.1. The standard InChI is InChI=1S/C20H19FN2O4S2/c1-27-19(24)10-17-16-4-2-3-5-18(16)23-11-14(12-28-20(17)23)22-29(25,26)15-8-6-13(21)7-9-15/h2-9,14,22H,10-12H2,1H3/t14-/m0/s1. The first kappa shape index (κ1) is 19.9. The third-order valence-electron chi connectivity index (χ3n) is 4.84. The summed E-state index contributed by atoms with van der Waals surface area (Å²) in [7, 11) is -2.40. The maximum Gasteiger partial charge on any atom is 0.310 e. The van der Waals surface area contributed by atoms with Crippen molar-refractivity contribution in [2.24, 2.45) is 0 Å². The lowest BCUT2D eigenvalue weighted by Crippen LogP contribution is -2.41. The maximum absolute atomic E-state index is 13.1. The Morgan fingerprint density at radius 3 is 2.69 bits per heavy atom. The summed E-state index contributed by atoms with van der Waals surface area (Å²) in [6.07, 6.45) is 0.165. The SMILES string of the molecule is COC(=O)Cc1c2n(c3ccccc13)C[C@H](NS(=O)(=O)c1ccc(F)cc1)CS2. The van der Waals surface area contributed by atoms with E-state index in [2.05, 4.69) is 4.72 Å². The molecule has 0 aliphatic carbocycles. The maximum atomic E-state index is 13.1. The molecular formula is C20H19FN2O4S2. The van der Waals surface area contributed by atoms with Gasteiger partial charge in [0.1, 0.15) is 5.82 Å². The Kier molecular flexibility index (Phi) is 5.37. The predicted molar refractivity (Wildman–Crippen MR) is 109 cm³/mol. The Balaban J connectivity index is 1.64. The van der Waals surface area contributed by atoms with Crippen molar-refractivity contribution in [3.8, 4) is 0 Å². The highest BCUT2D eigenvalue weighted by Crippen LogP contribution is 2.37. The molecule has 0 saturated carbocycles. The number of methoxy groups -OCH3 is 1. The number of aromatic nitrogens is 1. The molecule has 1 aliphatic rings. The lowest BCUT2D eigenvalue weighted by molar-refractivity contribution is -0.139. The lowest BCUT2D eigenvalue weighted by Gasteiger charge is -2.26. The van der Waals surface area contributed by atoms with Crippen molar-refractivity contribution in [1.82, 2.24) is 9.29 Å². The number of hydrogen-bond acceptors (Lipinski definition) is 5. The Morgan fingerprint density at radius 1 is 1.24 bits per heavy atom. The van der Waals surface area contributed by atoms with Crippen LogP contribution >= 0.6 is 11.8 Å². The number of nitrogens with zero attached hydrogens (tertiary/aromatic N) is 1. The number of thioether (sulfide) groups is 1. The lowest BCUT2D eigenvalue weighted by atomic mass is 10.1. The zero-order valence-electron chi connectivity index (χ0n) is 15.6. The highest BCUT2D eigenvalue weighted by Gasteiger charge is 2.29. The molecular weight excluding hydrogens is 415 g/mol. The summed E-state index contributed by atoms with van der Waals surface area (Å²) in [4.78, 5) is 11.9. The average Bonchev–Trinajstić information content (AvgIpc) is 3.01. The topological polar surface area (TPSA) is 77.4 Å². The van der Waals surface area contributed by atoms with E-state index < -0.39 is 15.8 Å². The second kappa shape index (κ2) is 7.81. The number of carbonyl (C=O) groups is 1. The van der Waals surface area contributed by atoms with Gasteiger partial charge >= 0.3 is 5.97 Å². The first-order valence-corrected chi connectivity index (χ1v) is 11.4. The van der Waals surface area contributed by atoms with Gasteiger partial charge in [-0.1, -0.05) is 18.2 Å². The van der Waals surface area contributed by atoms with E-state index in [9.17, 15) is 17.6 Å². The van der Waals surface area contributed by atoms with Crippen LogP contribution in [0.25, 0.3) is 10.9 Å². The number of carbonyl (C=O) groups excluding carboxylic acids is 1. The van der Waals surface area contributed by atoms with Crippen molar-refractivity contribution in [3.05, 3.63) is 59.9 Å². The number of benzene rings is 2. The molecule has 0 amide bonds. The van der Waals surface area contributed by atoms with Crippen molar-refractivity contribution in [2.75, 3.05) is 12.9 Å². The minimum absolute atomic E-state index is 0.0263. The molecule has 1 atom stereocenters. The molecule has 2 aromatic carbocycles. The van der Waals surface area contributed by atoms with Gasteiger partial charge in [-0.15, -0.1) is 11.8 Å². The number of hydrogen-bond donors (Lipinski definition) is 1. The molecule has 0 bridgehead atoms. The van der Waals surface area contributed by atoms with Crippen LogP contribution < -0.4 is 4.72 Å². The Bertz CT molecular complexity index is 1170. The summed E-state index contributed by atoms with van der Waals surface area (Å²) in [6.45, 7) is 0.435. The van der Waals surface area contributed by atoms with Gasteiger partial charge in [0.2, 0.25) is 10.0 Å². The third kappa shape index (κ3) is 3.90. The second-order valence-corrected chi connectivity index (χ2v) is 9.47. The van der Waals surface area contributed by atoms with Crippen LogP contribution in [0.3, 0.4) is 0 Å². The highest BCUT2D eigenvalue weighted by atomic mass is 32.2. The molecule has 6 nitrogen and oxygen atoms in total. The van der Waals surface area contributed by atoms with E-state index in [1.807, 2.05) is 28.8 Å². The van der Waals surface area contributed by atoms with E-state index in [4.69, 9.17) is 4.74 Å². The Morgan fingerprint density at radius 2 is 1.97 bits per heavy atom. The fraction of sp³-hybridized carbons (Fsp3) is 0.250. The molecule has 29 heavy (non-hydrogen) atoms. The fourth-order valence-corrected chi connectivity index (χ4v) is 6.08. The molecule has 2 heterocycles. The molecule has 0 spiro atoms. The van der Waals surface area contributed by atoms with Crippen LogP contribution in [0, 0.1) is 5.82 Å². The summed E-state index contributed by atoms with van der Waals surface area (Å²) in [5.74, 6) is -0.284. The zero-order chi connectivity index (χ0) is 20.6. The van der Waals surface area contributed by atoms with Crippen LogP contribution in [0.4, 0.5) is 4.39 Å². The zero-order valence-corrected chi connectivity index (χ0v) is 17.2. The van der Waals surface area contributed by atoms with Gasteiger partial charge in [0, 0.05) is 34.8 Å². The molecule has 1 aliphatic heterocycles. The third-order valence-corrected chi connectivity index (χ3v) is 7.69. The van der Waals surface area contributed by atoms with Gasteiger partial charge in [0.15, 0.2) is 0 Å². The van der Waals surface area contributed by atoms with Gasteiger partial charge in [0.25, 0.3) is 0 Å². The fourth-order valence-electron chi connectivity index (χ4n) is 3.51. The summed E-state index contributed by atoms with van der Waals surface area (Å²) >= 11 is 1.51. The van der Waals surface area contributed by atoms with E-state index in [-0.39, 0.29) is 23.3 Å². The number of para-hydroxylation sites is 1. The molecule has 3 aromatic rings. The van der Waals surface area contributed by atoms with Gasteiger partial charge in [0.05, 0.1) is 23.5 Å². The smallest absolute Gasteiger partial charge is 0.310 e. The normalized spacial score (nSPS) is 16.6. The van der Waals surface area contributed by atoms with Crippen LogP contribution in [-0.4, -0.2) is 37.9 Å². The molecule has 0 unspecified atom stereocenters. The molecule has 0 radical (unpaired) electrons. The molecule has 9 heteroatoms. The van der Waals surface area contributed by atoms with E-state index in [0.29, 0.717) is 12.3 Å². The average molecular weight is 435 g/mol. The Hall–Kier alpha value is -2.36. The molecule has 1 aromatic heterocycles. The largest absolute Gasteiger partial charge is 0.469 e. The first-order valence-electron chi connectivity index (χ1n) is 8.96. The van der Waals surface area contributed by atoms with Crippen LogP contribution in [0.2, 0.25) is 0 Å². The van der Waals surface area contributed by atoms with Crippen LogP contribution in [-0.2, 0) is 32.5 Å². The van der Waals surface area contributed by atoms with Crippen molar-refractivity contribution >= 4 is 38.7 Å². The van der Waals surface area contributed by atoms with Gasteiger partial charge in [-0.25, -0.2) is 17.5 Å². The Labute approximate surface area is 172 Å². The van der Waals surface area contributed by atoms with E-state index >= 15 is 0 Å². The minimum Gasteiger partial charge on any atom is -0.469 e. The number of halogens is 1. The predicted octanol–water partition coefficient (Wildman–Crippen LogP) is 2.95. The molecule has 0 saturated heterocycles. The molecule has 1 N–H and O–H groups in total. The number of fused-ring (bicyclic) bond motifs is 3. The van der Waals surface area contributed by atoms with Crippen LogP contribution in [0.5, 0.6) is 0 Å². The van der Waals surface area contributed by atoms with Crippen LogP contribution in [0.15, 0.2) is 58.5 Å². The molecule has 0 fully saturated rings. The number of ether oxygens (including phenoxy) is 1. The van der Waals surface area contributed by atoms with E-state index in [0.717, 1.165) is 33.6 Å². The van der Waals surface area contributed by atoms with Crippen molar-refractivity contribution < 1.29 is 22.3 Å².